The number of esters is 1. The van der Waals surface area contributed by atoms with Crippen LogP contribution in [0.4, 0.5) is 11.4 Å². The lowest BCUT2D eigenvalue weighted by Crippen LogP contribution is -2.28. The van der Waals surface area contributed by atoms with Crippen molar-refractivity contribution in [3.05, 3.63) is 42.5 Å². The number of rotatable bonds is 6. The van der Waals surface area contributed by atoms with Gasteiger partial charge in [0, 0.05) is 24.7 Å². The maximum Gasteiger partial charge on any atom is 0.311 e. The lowest BCUT2D eigenvalue weighted by molar-refractivity contribution is -0.151. The van der Waals surface area contributed by atoms with Gasteiger partial charge in [-0.3, -0.25) is 14.4 Å². The Morgan fingerprint density at radius 2 is 1.90 bits per heavy atom. The molecule has 2 aromatic rings. The Hall–Kier alpha value is -3.75. The van der Waals surface area contributed by atoms with Crippen LogP contribution in [0.2, 0.25) is 0 Å². The summed E-state index contributed by atoms with van der Waals surface area (Å²) in [5.41, 5.74) is 1.10. The molecule has 0 radical (unpaired) electrons. The van der Waals surface area contributed by atoms with Crippen LogP contribution >= 0.6 is 0 Å². The minimum atomic E-state index is -0.653. The molecule has 31 heavy (non-hydrogen) atoms. The molecule has 0 unspecified atom stereocenters. The summed E-state index contributed by atoms with van der Waals surface area (Å²) in [5.74, 6) is -0.251. The third kappa shape index (κ3) is 4.55. The van der Waals surface area contributed by atoms with Gasteiger partial charge in [0.1, 0.15) is 19.0 Å². The second kappa shape index (κ2) is 8.95. The van der Waals surface area contributed by atoms with Crippen LogP contribution in [0.25, 0.3) is 0 Å². The summed E-state index contributed by atoms with van der Waals surface area (Å²) in [5, 5.41) is 2.64. The summed E-state index contributed by atoms with van der Waals surface area (Å²) < 4.78 is 21.4. The Bertz CT molecular complexity index is 1010. The first kappa shape index (κ1) is 20.5. The van der Waals surface area contributed by atoms with Crippen LogP contribution in [0.5, 0.6) is 17.2 Å². The second-order valence-corrected chi connectivity index (χ2v) is 7.09. The maximum atomic E-state index is 12.5. The number of nitrogens with one attached hydrogen (secondary N) is 1. The van der Waals surface area contributed by atoms with Crippen molar-refractivity contribution >= 4 is 29.2 Å². The van der Waals surface area contributed by atoms with Gasteiger partial charge < -0.3 is 29.2 Å². The molecule has 9 heteroatoms. The normalized spacial score (nSPS) is 17.3. The average Bonchev–Trinajstić information content (AvgIpc) is 3.19. The zero-order valence-corrected chi connectivity index (χ0v) is 17.0. The fourth-order valence-electron chi connectivity index (χ4n) is 3.50. The van der Waals surface area contributed by atoms with Crippen molar-refractivity contribution in [3.63, 3.8) is 0 Å². The van der Waals surface area contributed by atoms with Gasteiger partial charge in [0.25, 0.3) is 5.91 Å². The van der Waals surface area contributed by atoms with E-state index in [2.05, 4.69) is 5.32 Å². The Labute approximate surface area is 178 Å². The van der Waals surface area contributed by atoms with Crippen LogP contribution in [0, 0.1) is 5.92 Å². The number of benzene rings is 2. The van der Waals surface area contributed by atoms with E-state index in [0.717, 1.165) is 0 Å². The highest BCUT2D eigenvalue weighted by Gasteiger charge is 2.36. The highest BCUT2D eigenvalue weighted by atomic mass is 16.6. The summed E-state index contributed by atoms with van der Waals surface area (Å²) >= 11 is 0. The van der Waals surface area contributed by atoms with Gasteiger partial charge in [0.15, 0.2) is 18.1 Å². The quantitative estimate of drug-likeness (QED) is 0.705. The largest absolute Gasteiger partial charge is 0.495 e. The van der Waals surface area contributed by atoms with E-state index in [0.29, 0.717) is 41.8 Å². The standard InChI is InChI=1S/C22H22N2O7/c1-28-17-5-3-2-4-16(17)23-20(25)13-31-22(27)14-10-21(26)24(12-14)15-6-7-18-19(11-15)30-9-8-29-18/h2-7,11,14H,8-10,12-13H2,1H3,(H,23,25)/t14-/m1/s1. The van der Waals surface area contributed by atoms with Gasteiger partial charge >= 0.3 is 5.97 Å². The number of hydrogen-bond acceptors (Lipinski definition) is 7. The highest BCUT2D eigenvalue weighted by Crippen LogP contribution is 2.36. The second-order valence-electron chi connectivity index (χ2n) is 7.09. The monoisotopic (exact) mass is 426 g/mol. The molecule has 1 atom stereocenters. The van der Waals surface area contributed by atoms with Crippen molar-refractivity contribution in [2.75, 3.05) is 43.7 Å². The Morgan fingerprint density at radius 1 is 1.13 bits per heavy atom. The van der Waals surface area contributed by atoms with Crippen LogP contribution in [0.1, 0.15) is 6.42 Å². The number of carbonyl (C=O) groups is 3. The predicted molar refractivity (Wildman–Crippen MR) is 110 cm³/mol. The Balaban J connectivity index is 1.32. The van der Waals surface area contributed by atoms with Gasteiger partial charge in [-0.1, -0.05) is 12.1 Å². The number of anilines is 2. The first-order valence-corrected chi connectivity index (χ1v) is 9.84. The van der Waals surface area contributed by atoms with Crippen LogP contribution in [0.15, 0.2) is 42.5 Å². The highest BCUT2D eigenvalue weighted by molar-refractivity contribution is 6.00. The van der Waals surface area contributed by atoms with Gasteiger partial charge in [-0.05, 0) is 24.3 Å². The molecule has 4 rings (SSSR count). The number of para-hydroxylation sites is 2. The van der Waals surface area contributed by atoms with Crippen LogP contribution in [-0.4, -0.2) is 51.3 Å². The van der Waals surface area contributed by atoms with E-state index in [1.54, 1.807) is 42.5 Å². The number of carbonyl (C=O) groups excluding carboxylic acids is 3. The van der Waals surface area contributed by atoms with Crippen molar-refractivity contribution in [1.82, 2.24) is 0 Å². The molecule has 0 spiro atoms. The molecule has 2 aliphatic heterocycles. The van der Waals surface area contributed by atoms with E-state index in [9.17, 15) is 14.4 Å². The minimum Gasteiger partial charge on any atom is -0.495 e. The number of nitrogens with zero attached hydrogens (tertiary/aromatic N) is 1. The molecule has 162 valence electrons. The first-order valence-electron chi connectivity index (χ1n) is 9.84. The van der Waals surface area contributed by atoms with Crippen molar-refractivity contribution in [1.29, 1.82) is 0 Å². The molecule has 0 bridgehead atoms. The summed E-state index contributed by atoms with van der Waals surface area (Å²) in [7, 11) is 1.50. The molecule has 2 aliphatic rings. The molecule has 2 heterocycles. The molecule has 9 nitrogen and oxygen atoms in total. The fraction of sp³-hybridized carbons (Fsp3) is 0.318. The molecule has 1 N–H and O–H groups in total. The number of amides is 2. The average molecular weight is 426 g/mol. The van der Waals surface area contributed by atoms with Gasteiger partial charge in [-0.15, -0.1) is 0 Å². The van der Waals surface area contributed by atoms with Gasteiger partial charge in [-0.2, -0.15) is 0 Å². The number of fused-ring (bicyclic) bond motifs is 1. The van der Waals surface area contributed by atoms with E-state index < -0.39 is 24.4 Å². The van der Waals surface area contributed by atoms with E-state index in [-0.39, 0.29) is 18.9 Å². The van der Waals surface area contributed by atoms with Gasteiger partial charge in [0.2, 0.25) is 5.91 Å². The van der Waals surface area contributed by atoms with Crippen molar-refractivity contribution < 1.29 is 33.3 Å². The van der Waals surface area contributed by atoms with Gasteiger partial charge in [-0.25, -0.2) is 0 Å². The summed E-state index contributed by atoms with van der Waals surface area (Å²) in [6, 6.07) is 12.1. The minimum absolute atomic E-state index is 0.0153. The molecule has 0 saturated carbocycles. The lowest BCUT2D eigenvalue weighted by Gasteiger charge is -2.22. The molecule has 0 aromatic heterocycles. The SMILES string of the molecule is COc1ccccc1NC(=O)COC(=O)[C@@H]1CC(=O)N(c2ccc3c(c2)OCCO3)C1. The lowest BCUT2D eigenvalue weighted by atomic mass is 10.1. The van der Waals surface area contributed by atoms with Crippen molar-refractivity contribution in [3.8, 4) is 17.2 Å². The topological polar surface area (TPSA) is 103 Å². The molecule has 1 saturated heterocycles. The van der Waals surface area contributed by atoms with Crippen LogP contribution in [-0.2, 0) is 19.1 Å². The molecule has 0 aliphatic carbocycles. The molecule has 2 amide bonds. The van der Waals surface area contributed by atoms with Crippen LogP contribution < -0.4 is 24.4 Å². The predicted octanol–water partition coefficient (Wildman–Crippen LogP) is 2.00. The Morgan fingerprint density at radius 3 is 2.71 bits per heavy atom. The number of methoxy groups -OCH3 is 1. The zero-order chi connectivity index (χ0) is 21.8. The molecular weight excluding hydrogens is 404 g/mol. The fourth-order valence-corrected chi connectivity index (χ4v) is 3.50. The van der Waals surface area contributed by atoms with Crippen LogP contribution in [0.3, 0.4) is 0 Å². The van der Waals surface area contributed by atoms with Crippen molar-refractivity contribution in [2.45, 2.75) is 6.42 Å². The number of ether oxygens (including phenoxy) is 4. The molecule has 1 fully saturated rings. The van der Waals surface area contributed by atoms with E-state index >= 15 is 0 Å². The van der Waals surface area contributed by atoms with Crippen molar-refractivity contribution in [2.24, 2.45) is 5.92 Å². The third-order valence-corrected chi connectivity index (χ3v) is 5.02. The third-order valence-electron chi connectivity index (χ3n) is 5.02. The number of hydrogen-bond donors (Lipinski definition) is 1. The molecular formula is C22H22N2O7. The maximum absolute atomic E-state index is 12.5. The van der Waals surface area contributed by atoms with Gasteiger partial charge in [0.05, 0.1) is 18.7 Å². The zero-order valence-electron chi connectivity index (χ0n) is 17.0. The summed E-state index contributed by atoms with van der Waals surface area (Å²) in [6.07, 6.45) is 0.0153. The first-order chi connectivity index (χ1) is 15.0. The van der Waals surface area contributed by atoms with E-state index in [4.69, 9.17) is 18.9 Å². The summed E-state index contributed by atoms with van der Waals surface area (Å²) in [6.45, 7) is 0.640. The smallest absolute Gasteiger partial charge is 0.311 e. The molecule has 2 aromatic carbocycles. The van der Waals surface area contributed by atoms with E-state index in [1.165, 1.54) is 12.0 Å². The summed E-state index contributed by atoms with van der Waals surface area (Å²) in [4.78, 5) is 38.5. The Kier molecular flexibility index (Phi) is 5.92. The van der Waals surface area contributed by atoms with E-state index in [1.807, 2.05) is 0 Å².